The van der Waals surface area contributed by atoms with Gasteiger partial charge in [-0.2, -0.15) is 5.10 Å². The molecule has 0 aromatic heterocycles. The third-order valence-corrected chi connectivity index (χ3v) is 5.72. The summed E-state index contributed by atoms with van der Waals surface area (Å²) in [5.41, 5.74) is 4.37. The predicted octanol–water partition coefficient (Wildman–Crippen LogP) is 6.34. The van der Waals surface area contributed by atoms with Crippen LogP contribution in [0.3, 0.4) is 0 Å². The van der Waals surface area contributed by atoms with E-state index in [2.05, 4.69) is 39.1 Å². The van der Waals surface area contributed by atoms with Gasteiger partial charge in [0.25, 0.3) is 0 Å². The minimum absolute atomic E-state index is 0.130. The molecule has 0 aliphatic carbocycles. The molecule has 134 valence electrons. The molecule has 0 amide bonds. The Labute approximate surface area is 171 Å². The number of hydrogen-bond donors (Lipinski definition) is 0. The van der Waals surface area contributed by atoms with E-state index in [1.165, 1.54) is 0 Å². The van der Waals surface area contributed by atoms with Crippen LogP contribution >= 0.6 is 27.5 Å². The van der Waals surface area contributed by atoms with Gasteiger partial charge in [-0.25, -0.2) is 5.01 Å². The van der Waals surface area contributed by atoms with Crippen LogP contribution in [0.15, 0.2) is 82.4 Å². The lowest BCUT2D eigenvalue weighted by Crippen LogP contribution is -2.33. The molecule has 2 atom stereocenters. The molecule has 2 unspecified atom stereocenters. The van der Waals surface area contributed by atoms with Crippen molar-refractivity contribution in [3.8, 4) is 5.75 Å². The minimum Gasteiger partial charge on any atom is -0.464 e. The SMILES string of the molecule is Clc1cccc(C2Oc3ccc(Br)cc3C3CC(c4ccccc4)=NN32)c1. The van der Waals surface area contributed by atoms with Gasteiger partial charge >= 0.3 is 0 Å². The second kappa shape index (κ2) is 6.70. The lowest BCUT2D eigenvalue weighted by atomic mass is 9.96. The van der Waals surface area contributed by atoms with Crippen molar-refractivity contribution in [2.24, 2.45) is 5.10 Å². The summed E-state index contributed by atoms with van der Waals surface area (Å²) in [4.78, 5) is 0. The molecule has 3 nitrogen and oxygen atoms in total. The first-order chi connectivity index (χ1) is 13.2. The topological polar surface area (TPSA) is 24.8 Å². The average Bonchev–Trinajstić information content (AvgIpc) is 3.14. The molecule has 0 saturated heterocycles. The smallest absolute Gasteiger partial charge is 0.213 e. The zero-order chi connectivity index (χ0) is 18.4. The van der Waals surface area contributed by atoms with Gasteiger partial charge in [-0.3, -0.25) is 0 Å². The molecule has 2 aliphatic rings. The molecule has 3 aromatic carbocycles. The van der Waals surface area contributed by atoms with Crippen LogP contribution in [0.4, 0.5) is 0 Å². The standard InChI is InChI=1S/C22H16BrClN2O/c23-16-9-10-21-18(12-16)20-13-19(14-5-2-1-3-6-14)25-26(20)22(27-21)15-7-4-8-17(24)11-15/h1-12,20,22H,13H2. The molecule has 5 heteroatoms. The fourth-order valence-corrected chi connectivity index (χ4v) is 4.32. The average molecular weight is 440 g/mol. The van der Waals surface area contributed by atoms with E-state index in [-0.39, 0.29) is 12.3 Å². The van der Waals surface area contributed by atoms with Gasteiger partial charge in [0, 0.05) is 27.0 Å². The molecule has 0 N–H and O–H groups in total. The summed E-state index contributed by atoms with van der Waals surface area (Å²) in [6.07, 6.45) is 0.539. The van der Waals surface area contributed by atoms with E-state index in [9.17, 15) is 0 Å². The summed E-state index contributed by atoms with van der Waals surface area (Å²) >= 11 is 9.82. The zero-order valence-electron chi connectivity index (χ0n) is 14.3. The fourth-order valence-electron chi connectivity index (χ4n) is 3.74. The largest absolute Gasteiger partial charge is 0.464 e. The van der Waals surface area contributed by atoms with E-state index in [0.29, 0.717) is 5.02 Å². The zero-order valence-corrected chi connectivity index (χ0v) is 16.7. The predicted molar refractivity (Wildman–Crippen MR) is 111 cm³/mol. The Hall–Kier alpha value is -2.30. The van der Waals surface area contributed by atoms with Gasteiger partial charge in [-0.15, -0.1) is 0 Å². The van der Waals surface area contributed by atoms with Crippen molar-refractivity contribution in [2.75, 3.05) is 0 Å². The van der Waals surface area contributed by atoms with Gasteiger partial charge in [0.15, 0.2) is 0 Å². The van der Waals surface area contributed by atoms with Gasteiger partial charge in [0.05, 0.1) is 11.8 Å². The van der Waals surface area contributed by atoms with Gasteiger partial charge in [-0.05, 0) is 35.9 Å². The summed E-state index contributed by atoms with van der Waals surface area (Å²) in [7, 11) is 0. The normalized spacial score (nSPS) is 20.5. The van der Waals surface area contributed by atoms with Crippen molar-refractivity contribution in [1.29, 1.82) is 0 Å². The first-order valence-corrected chi connectivity index (χ1v) is 9.99. The highest BCUT2D eigenvalue weighted by atomic mass is 79.9. The second-order valence-electron chi connectivity index (χ2n) is 6.72. The summed E-state index contributed by atoms with van der Waals surface area (Å²) in [6.45, 7) is 0. The number of ether oxygens (including phenoxy) is 1. The second-order valence-corrected chi connectivity index (χ2v) is 8.07. The molecule has 0 saturated carbocycles. The van der Waals surface area contributed by atoms with Crippen molar-refractivity contribution in [3.63, 3.8) is 0 Å². The molecule has 0 spiro atoms. The van der Waals surface area contributed by atoms with Crippen LogP contribution in [-0.2, 0) is 0 Å². The quantitative estimate of drug-likeness (QED) is 0.465. The molecule has 27 heavy (non-hydrogen) atoms. The van der Waals surface area contributed by atoms with E-state index in [1.54, 1.807) is 0 Å². The highest BCUT2D eigenvalue weighted by Gasteiger charge is 2.41. The molecule has 0 radical (unpaired) electrons. The Balaban J connectivity index is 1.62. The molecule has 2 aliphatic heterocycles. The van der Waals surface area contributed by atoms with Crippen molar-refractivity contribution < 1.29 is 4.74 Å². The van der Waals surface area contributed by atoms with Crippen LogP contribution in [0.1, 0.15) is 35.4 Å². The van der Waals surface area contributed by atoms with Crippen LogP contribution in [0.25, 0.3) is 0 Å². The summed E-state index contributed by atoms with van der Waals surface area (Å²) in [5.74, 6) is 0.897. The fraction of sp³-hybridized carbons (Fsp3) is 0.136. The van der Waals surface area contributed by atoms with Crippen LogP contribution in [0.5, 0.6) is 5.75 Å². The highest BCUT2D eigenvalue weighted by Crippen LogP contribution is 2.48. The number of hydrazone groups is 1. The van der Waals surface area contributed by atoms with E-state index in [4.69, 9.17) is 21.4 Å². The molecule has 0 bridgehead atoms. The van der Waals surface area contributed by atoms with Gasteiger partial charge < -0.3 is 4.74 Å². The van der Waals surface area contributed by atoms with Crippen LogP contribution < -0.4 is 4.74 Å². The van der Waals surface area contributed by atoms with Crippen molar-refractivity contribution in [1.82, 2.24) is 5.01 Å². The third-order valence-electron chi connectivity index (χ3n) is 4.99. The molecule has 3 aromatic rings. The number of fused-ring (bicyclic) bond motifs is 3. The van der Waals surface area contributed by atoms with Gasteiger partial charge in [0.1, 0.15) is 5.75 Å². The van der Waals surface area contributed by atoms with E-state index in [1.807, 2.05) is 54.6 Å². The Bertz CT molecular complexity index is 1040. The van der Waals surface area contributed by atoms with Crippen LogP contribution in [-0.4, -0.2) is 10.7 Å². The first-order valence-electron chi connectivity index (χ1n) is 8.82. The number of rotatable bonds is 2. The highest BCUT2D eigenvalue weighted by molar-refractivity contribution is 9.10. The number of benzene rings is 3. The lowest BCUT2D eigenvalue weighted by Gasteiger charge is -2.38. The number of hydrogen-bond acceptors (Lipinski definition) is 3. The van der Waals surface area contributed by atoms with Gasteiger partial charge in [-0.1, -0.05) is 70.0 Å². The van der Waals surface area contributed by atoms with E-state index >= 15 is 0 Å². The maximum atomic E-state index is 6.37. The minimum atomic E-state index is -0.302. The number of nitrogens with zero attached hydrogens (tertiary/aromatic N) is 2. The van der Waals surface area contributed by atoms with Crippen molar-refractivity contribution in [3.05, 3.63) is 99.0 Å². The molecular weight excluding hydrogens is 424 g/mol. The summed E-state index contributed by atoms with van der Waals surface area (Å²) in [6, 6.07) is 24.4. The Morgan fingerprint density at radius 1 is 1.00 bits per heavy atom. The van der Waals surface area contributed by atoms with Crippen molar-refractivity contribution >= 4 is 33.2 Å². The maximum Gasteiger partial charge on any atom is 0.213 e. The molecule has 0 fully saturated rings. The molecule has 2 heterocycles. The van der Waals surface area contributed by atoms with Gasteiger partial charge in [0.2, 0.25) is 6.23 Å². The Morgan fingerprint density at radius 3 is 2.67 bits per heavy atom. The third kappa shape index (κ3) is 3.03. The molecule has 5 rings (SSSR count). The maximum absolute atomic E-state index is 6.37. The summed E-state index contributed by atoms with van der Waals surface area (Å²) < 4.78 is 7.41. The monoisotopic (exact) mass is 438 g/mol. The Kier molecular flexibility index (Phi) is 4.18. The van der Waals surface area contributed by atoms with Crippen LogP contribution in [0.2, 0.25) is 5.02 Å². The number of halogens is 2. The lowest BCUT2D eigenvalue weighted by molar-refractivity contribution is -0.0190. The van der Waals surface area contributed by atoms with E-state index in [0.717, 1.165) is 39.0 Å². The molecular formula is C22H16BrClN2O. The van der Waals surface area contributed by atoms with Crippen molar-refractivity contribution in [2.45, 2.75) is 18.7 Å². The summed E-state index contributed by atoms with van der Waals surface area (Å²) in [5, 5.41) is 7.73. The van der Waals surface area contributed by atoms with E-state index < -0.39 is 0 Å². The Morgan fingerprint density at radius 2 is 1.85 bits per heavy atom. The van der Waals surface area contributed by atoms with Crippen LogP contribution in [0, 0.1) is 0 Å². The first kappa shape index (κ1) is 16.8.